The lowest BCUT2D eigenvalue weighted by atomic mass is 9.96. The van der Waals surface area contributed by atoms with E-state index in [0.29, 0.717) is 19.1 Å². The van der Waals surface area contributed by atoms with Gasteiger partial charge in [0.1, 0.15) is 36.3 Å². The number of ether oxygens (including phenoxy) is 3. The number of hydrogen-bond acceptors (Lipinski definition) is 16. The van der Waals surface area contributed by atoms with Crippen molar-refractivity contribution in [1.29, 1.82) is 0 Å². The number of carbonyl (C=O) groups is 10. The molecule has 0 aromatic carbocycles. The van der Waals surface area contributed by atoms with Crippen LogP contribution in [-0.2, 0) is 62.2 Å². The van der Waals surface area contributed by atoms with Crippen molar-refractivity contribution in [2.24, 2.45) is 47.2 Å². The number of nitrogens with two attached hydrogens (primary N) is 1. The minimum absolute atomic E-state index is 0.00214. The number of likely N-dealkylation sites (N-methyl/N-ethyl adjacent to an activating group) is 4. The Morgan fingerprint density at radius 2 is 1.03 bits per heavy atom. The minimum Gasteiger partial charge on any atom is -0.458 e. The van der Waals surface area contributed by atoms with Gasteiger partial charge in [-0.25, -0.2) is 14.4 Å². The van der Waals surface area contributed by atoms with Crippen molar-refractivity contribution in [3.05, 3.63) is 0 Å². The molecule has 22 nitrogen and oxygen atoms in total. The normalized spacial score (nSPS) is 17.2. The van der Waals surface area contributed by atoms with Crippen LogP contribution in [0.5, 0.6) is 0 Å². The highest BCUT2D eigenvalue weighted by Crippen LogP contribution is 2.21. The molecule has 0 rings (SSSR count). The fraction of sp³-hybridized carbons (Fsp3) is 0.818. The van der Waals surface area contributed by atoms with Crippen LogP contribution >= 0.6 is 0 Å². The first-order valence-corrected chi connectivity index (χ1v) is 27.4. The zero-order chi connectivity index (χ0) is 60.1. The van der Waals surface area contributed by atoms with E-state index in [9.17, 15) is 53.1 Å². The highest BCUT2D eigenvalue weighted by molar-refractivity contribution is 5.97. The van der Waals surface area contributed by atoms with Crippen LogP contribution in [-0.4, -0.2) is 180 Å². The SMILES string of the molecule is CCC(C)C(NC)C(=O)NC(C(=O)O[C@H](C(=O)O[C@H](C=O)CC(C)C)C(C)C)C(C)OC(=O)[C@H](CC(C)C)N(C)C(=O)[C@H](C)NC(=O)[C@H](C(C)C)N(C)C(=O)[C@@H](NC(=O)[C@H](CC(C)C)N(C)C(=O)[C@@H](N)[C@@H](C)CC)[C@@H](C)O. The number of aliphatic hydroxyl groups is 1. The Bertz CT molecular complexity index is 1950. The monoisotopic (exact) mass is 1100 g/mol. The first-order valence-electron chi connectivity index (χ1n) is 27.4. The molecule has 4 unspecified atom stereocenters. The second-order valence-corrected chi connectivity index (χ2v) is 22.8. The molecule has 22 heteroatoms. The van der Waals surface area contributed by atoms with Gasteiger partial charge in [-0.3, -0.25) is 33.6 Å². The fourth-order valence-electron chi connectivity index (χ4n) is 8.69. The minimum atomic E-state index is -1.68. The van der Waals surface area contributed by atoms with Crippen LogP contribution in [0.3, 0.4) is 0 Å². The molecular weight excluding hydrogens is 997 g/mol. The number of rotatable bonds is 34. The molecule has 0 heterocycles. The molecule has 0 aliphatic heterocycles. The predicted molar refractivity (Wildman–Crippen MR) is 292 cm³/mol. The van der Waals surface area contributed by atoms with Gasteiger partial charge in [0.2, 0.25) is 41.5 Å². The van der Waals surface area contributed by atoms with Crippen molar-refractivity contribution in [3.8, 4) is 0 Å². The lowest BCUT2D eigenvalue weighted by Crippen LogP contribution is -2.62. The number of nitrogens with zero attached hydrogens (tertiary/aromatic N) is 3. The number of nitrogens with one attached hydrogen (secondary N) is 4. The van der Waals surface area contributed by atoms with Crippen LogP contribution in [0.15, 0.2) is 0 Å². The highest BCUT2D eigenvalue weighted by Gasteiger charge is 2.43. The first kappa shape index (κ1) is 71.8. The molecule has 7 N–H and O–H groups in total. The van der Waals surface area contributed by atoms with E-state index in [-0.39, 0.29) is 48.9 Å². The van der Waals surface area contributed by atoms with Crippen LogP contribution < -0.4 is 27.0 Å². The summed E-state index contributed by atoms with van der Waals surface area (Å²) in [6, 6.07) is -9.82. The molecule has 77 heavy (non-hydrogen) atoms. The third-order valence-corrected chi connectivity index (χ3v) is 13.9. The third kappa shape index (κ3) is 22.2. The van der Waals surface area contributed by atoms with Gasteiger partial charge in [-0.15, -0.1) is 0 Å². The lowest BCUT2D eigenvalue weighted by Gasteiger charge is -2.36. The summed E-state index contributed by atoms with van der Waals surface area (Å²) in [6.45, 7) is 29.0. The molecule has 444 valence electrons. The molecule has 0 spiro atoms. The van der Waals surface area contributed by atoms with E-state index < -0.39 is 138 Å². The van der Waals surface area contributed by atoms with Gasteiger partial charge in [0, 0.05) is 27.1 Å². The number of hydrogen-bond donors (Lipinski definition) is 6. The quantitative estimate of drug-likeness (QED) is 0.0307. The maximum absolute atomic E-state index is 14.3. The summed E-state index contributed by atoms with van der Waals surface area (Å²) in [5.41, 5.74) is 6.25. The summed E-state index contributed by atoms with van der Waals surface area (Å²) in [5.74, 6) is -9.09. The average Bonchev–Trinajstić information content (AvgIpc) is 3.34. The average molecular weight is 1100 g/mol. The summed E-state index contributed by atoms with van der Waals surface area (Å²) in [6.07, 6.45) is -3.33. The summed E-state index contributed by atoms with van der Waals surface area (Å²) in [7, 11) is 5.71. The molecule has 6 amide bonds. The highest BCUT2D eigenvalue weighted by atomic mass is 16.6. The van der Waals surface area contributed by atoms with Gasteiger partial charge in [-0.2, -0.15) is 0 Å². The van der Waals surface area contributed by atoms with E-state index in [0.717, 1.165) is 9.80 Å². The zero-order valence-electron chi connectivity index (χ0n) is 50.3. The van der Waals surface area contributed by atoms with Gasteiger partial charge >= 0.3 is 17.9 Å². The van der Waals surface area contributed by atoms with Crippen molar-refractivity contribution in [2.45, 2.75) is 223 Å². The second-order valence-electron chi connectivity index (χ2n) is 22.8. The second kappa shape index (κ2) is 33.9. The number of aldehydes is 1. The number of esters is 3. The predicted octanol–water partition coefficient (Wildman–Crippen LogP) is 2.73. The van der Waals surface area contributed by atoms with E-state index in [2.05, 4.69) is 21.3 Å². The van der Waals surface area contributed by atoms with Crippen molar-refractivity contribution in [2.75, 3.05) is 28.2 Å². The summed E-state index contributed by atoms with van der Waals surface area (Å²) in [4.78, 5) is 141. The molecule has 0 saturated heterocycles. The van der Waals surface area contributed by atoms with Gasteiger partial charge in [0.05, 0.1) is 18.2 Å². The Hall–Kier alpha value is -5.22. The van der Waals surface area contributed by atoms with Crippen molar-refractivity contribution < 1.29 is 67.3 Å². The van der Waals surface area contributed by atoms with Crippen molar-refractivity contribution in [3.63, 3.8) is 0 Å². The van der Waals surface area contributed by atoms with Crippen LogP contribution in [0.1, 0.15) is 150 Å². The van der Waals surface area contributed by atoms with Crippen LogP contribution in [0.4, 0.5) is 0 Å². The van der Waals surface area contributed by atoms with Gasteiger partial charge < -0.3 is 61.0 Å². The van der Waals surface area contributed by atoms with E-state index in [1.807, 2.05) is 55.4 Å². The van der Waals surface area contributed by atoms with Gasteiger partial charge in [-0.05, 0) is 82.6 Å². The molecule has 0 bridgehead atoms. The van der Waals surface area contributed by atoms with Gasteiger partial charge in [0.25, 0.3) is 0 Å². The maximum atomic E-state index is 14.3. The largest absolute Gasteiger partial charge is 0.458 e. The fourth-order valence-corrected chi connectivity index (χ4v) is 8.69. The Balaban J connectivity index is 6.83. The summed E-state index contributed by atoms with van der Waals surface area (Å²) < 4.78 is 17.0. The standard InChI is InChI=1S/C55H100N8O14/c1-22-33(13)41(56)51(70)61(19)39(25-29(5)6)47(66)59-43(36(16)65)52(71)63(21)45(31(9)10)49(68)58-35(15)50(69)62(20)40(26-30(7)8)53(72)75-37(17)44(60-48(67)42(57-18)34(14)23-2)54(73)77-46(32(11)12)55(74)76-38(27-64)24-28(3)4/h27-46,57,65H,22-26,56H2,1-21H3,(H,58,68)(H,59,66)(H,60,67)/t33-,34?,35-,36+,37?,38-,39-,40-,41-,42?,43-,44?,45-,46-/m0/s1. The lowest BCUT2D eigenvalue weighted by molar-refractivity contribution is -0.180. The molecule has 14 atom stereocenters. The Kier molecular flexibility index (Phi) is 31.6. The Morgan fingerprint density at radius 1 is 0.532 bits per heavy atom. The summed E-state index contributed by atoms with van der Waals surface area (Å²) in [5, 5.41) is 21.8. The topological polar surface area (TPSA) is 302 Å². The molecule has 0 aromatic rings. The number of carbonyl (C=O) groups excluding carboxylic acids is 10. The van der Waals surface area contributed by atoms with E-state index in [4.69, 9.17) is 19.9 Å². The van der Waals surface area contributed by atoms with Crippen LogP contribution in [0.2, 0.25) is 0 Å². The molecular formula is C55H100N8O14. The molecule has 0 aliphatic rings. The van der Waals surface area contributed by atoms with Crippen LogP contribution in [0, 0.1) is 41.4 Å². The van der Waals surface area contributed by atoms with Gasteiger partial charge in [0.15, 0.2) is 18.4 Å². The van der Waals surface area contributed by atoms with E-state index in [1.54, 1.807) is 48.6 Å². The first-order chi connectivity index (χ1) is 35.6. The maximum Gasteiger partial charge on any atom is 0.348 e. The zero-order valence-corrected chi connectivity index (χ0v) is 50.3. The third-order valence-electron chi connectivity index (χ3n) is 13.9. The van der Waals surface area contributed by atoms with Gasteiger partial charge in [-0.1, -0.05) is 110 Å². The van der Waals surface area contributed by atoms with Crippen LogP contribution in [0.25, 0.3) is 0 Å². The smallest absolute Gasteiger partial charge is 0.348 e. The molecule has 0 aliphatic carbocycles. The van der Waals surface area contributed by atoms with Crippen molar-refractivity contribution >= 4 is 59.6 Å². The number of amides is 6. The summed E-state index contributed by atoms with van der Waals surface area (Å²) >= 11 is 0. The Morgan fingerprint density at radius 3 is 1.47 bits per heavy atom. The molecule has 0 fully saturated rings. The molecule has 0 saturated carbocycles. The Labute approximate surface area is 459 Å². The molecule has 0 radical (unpaired) electrons. The van der Waals surface area contributed by atoms with E-state index >= 15 is 0 Å². The van der Waals surface area contributed by atoms with E-state index in [1.165, 1.54) is 46.8 Å². The van der Waals surface area contributed by atoms with Crippen molar-refractivity contribution in [1.82, 2.24) is 36.0 Å². The number of aliphatic hydroxyl groups excluding tert-OH is 1. The molecule has 0 aromatic heterocycles.